The molecule has 4 rings (SSSR count). The molecule has 34 heavy (non-hydrogen) atoms. The Hall–Kier alpha value is -3.92. The lowest BCUT2D eigenvalue weighted by atomic mass is 9.93. The highest BCUT2D eigenvalue weighted by molar-refractivity contribution is 6.03. The summed E-state index contributed by atoms with van der Waals surface area (Å²) in [7, 11) is 0. The number of benzene rings is 1. The fourth-order valence-corrected chi connectivity index (χ4v) is 3.30. The third kappa shape index (κ3) is 6.10. The number of aromatic nitrogens is 2. The van der Waals surface area contributed by atoms with Gasteiger partial charge in [0.25, 0.3) is 5.91 Å². The van der Waals surface area contributed by atoms with E-state index < -0.39 is 6.03 Å². The van der Waals surface area contributed by atoms with Crippen LogP contribution in [0.15, 0.2) is 53.2 Å². The zero-order valence-corrected chi connectivity index (χ0v) is 19.3. The number of carbonyl (C=O) groups is 2. The molecule has 1 aliphatic rings. The molecule has 2 aromatic heterocycles. The van der Waals surface area contributed by atoms with E-state index in [0.717, 1.165) is 19.5 Å². The van der Waals surface area contributed by atoms with Gasteiger partial charge in [-0.05, 0) is 49.4 Å². The first-order chi connectivity index (χ1) is 16.3. The number of rotatable bonds is 6. The normalized spacial score (nSPS) is 15.6. The zero-order valence-electron chi connectivity index (χ0n) is 19.3. The molecule has 0 aliphatic carbocycles. The molecule has 1 fully saturated rings. The molecule has 10 nitrogen and oxygen atoms in total. The Morgan fingerprint density at radius 3 is 2.38 bits per heavy atom. The summed E-state index contributed by atoms with van der Waals surface area (Å²) in [6, 6.07) is 11.3. The van der Waals surface area contributed by atoms with Crippen molar-refractivity contribution in [2.45, 2.75) is 38.7 Å². The Kier molecular flexibility index (Phi) is 6.78. The summed E-state index contributed by atoms with van der Waals surface area (Å²) in [5.74, 6) is 1.30. The van der Waals surface area contributed by atoms with Crippen molar-refractivity contribution in [2.24, 2.45) is 0 Å². The van der Waals surface area contributed by atoms with E-state index >= 15 is 0 Å². The number of nitrogens with one attached hydrogen (secondary N) is 4. The highest BCUT2D eigenvalue weighted by Gasteiger charge is 2.20. The van der Waals surface area contributed by atoms with E-state index in [9.17, 15) is 9.59 Å². The first-order valence-electron chi connectivity index (χ1n) is 11.1. The minimum absolute atomic E-state index is 0.132. The fourth-order valence-electron chi connectivity index (χ4n) is 3.30. The number of anilines is 3. The van der Waals surface area contributed by atoms with Crippen LogP contribution in [0.25, 0.3) is 0 Å². The zero-order chi connectivity index (χ0) is 24.1. The number of ether oxygens (including phenoxy) is 1. The highest BCUT2D eigenvalue weighted by atomic mass is 16.5. The van der Waals surface area contributed by atoms with Gasteiger partial charge in [-0.2, -0.15) is 0 Å². The first kappa shape index (κ1) is 23.2. The second kappa shape index (κ2) is 9.92. The van der Waals surface area contributed by atoms with Crippen LogP contribution in [-0.2, 0) is 5.41 Å². The molecule has 0 bridgehead atoms. The lowest BCUT2D eigenvalue weighted by Crippen LogP contribution is -2.20. The Balaban J connectivity index is 1.27. The second-order valence-electron chi connectivity index (χ2n) is 9.05. The molecule has 1 aromatic carbocycles. The number of nitrogens with zero attached hydrogens (tertiary/aromatic N) is 2. The smallest absolute Gasteiger partial charge is 0.324 e. The largest absolute Gasteiger partial charge is 0.487 e. The van der Waals surface area contributed by atoms with Crippen molar-refractivity contribution in [3.8, 4) is 5.75 Å². The average Bonchev–Trinajstić information content (AvgIpc) is 3.48. The Morgan fingerprint density at radius 2 is 1.79 bits per heavy atom. The second-order valence-corrected chi connectivity index (χ2v) is 9.05. The monoisotopic (exact) mass is 464 g/mol. The minimum atomic E-state index is -0.453. The van der Waals surface area contributed by atoms with E-state index in [4.69, 9.17) is 9.26 Å². The van der Waals surface area contributed by atoms with E-state index in [0.29, 0.717) is 28.7 Å². The van der Waals surface area contributed by atoms with E-state index in [2.05, 4.69) is 31.4 Å². The van der Waals surface area contributed by atoms with Gasteiger partial charge in [0.2, 0.25) is 0 Å². The van der Waals surface area contributed by atoms with E-state index in [1.807, 2.05) is 20.8 Å². The van der Waals surface area contributed by atoms with Crippen LogP contribution in [0.2, 0.25) is 0 Å². The predicted molar refractivity (Wildman–Crippen MR) is 128 cm³/mol. The maximum Gasteiger partial charge on any atom is 0.324 e. The molecule has 1 unspecified atom stereocenters. The maximum absolute atomic E-state index is 12.5. The molecule has 0 spiro atoms. The molecule has 0 saturated carbocycles. The van der Waals surface area contributed by atoms with Crippen molar-refractivity contribution in [1.82, 2.24) is 15.5 Å². The average molecular weight is 465 g/mol. The van der Waals surface area contributed by atoms with Gasteiger partial charge in [-0.1, -0.05) is 25.9 Å². The summed E-state index contributed by atoms with van der Waals surface area (Å²) >= 11 is 0. The molecule has 178 valence electrons. The molecule has 3 aromatic rings. The standard InChI is InChI=1S/C24H28N6O4/c1-24(2,3)20-12-21(30-34-20)29-23(32)28-16-6-4-15(5-7-16)27-22(31)19-9-8-17(14-26-19)33-18-10-11-25-13-18/h4-9,12,14,18,25H,10-11,13H2,1-3H3,(H,27,31)(H2,28,29,30,32). The van der Waals surface area contributed by atoms with Crippen molar-refractivity contribution in [2.75, 3.05) is 29.0 Å². The van der Waals surface area contributed by atoms with E-state index in [1.54, 1.807) is 48.7 Å². The summed E-state index contributed by atoms with van der Waals surface area (Å²) < 4.78 is 11.1. The van der Waals surface area contributed by atoms with Gasteiger partial charge < -0.3 is 25.2 Å². The molecule has 0 radical (unpaired) electrons. The maximum atomic E-state index is 12.5. The number of hydrogen-bond acceptors (Lipinski definition) is 7. The lowest BCUT2D eigenvalue weighted by molar-refractivity contribution is 0.102. The summed E-state index contributed by atoms with van der Waals surface area (Å²) in [5, 5.41) is 15.2. The third-order valence-electron chi connectivity index (χ3n) is 5.18. The number of pyridine rings is 1. The van der Waals surface area contributed by atoms with Gasteiger partial charge in [0, 0.05) is 29.4 Å². The number of carbonyl (C=O) groups excluding carboxylic acids is 2. The van der Waals surface area contributed by atoms with Crippen LogP contribution in [0, 0.1) is 0 Å². The Morgan fingerprint density at radius 1 is 1.06 bits per heavy atom. The number of urea groups is 1. The molecule has 1 aliphatic heterocycles. The molecular weight excluding hydrogens is 436 g/mol. The minimum Gasteiger partial charge on any atom is -0.487 e. The van der Waals surface area contributed by atoms with Crippen molar-refractivity contribution in [1.29, 1.82) is 0 Å². The Bertz CT molecular complexity index is 1130. The van der Waals surface area contributed by atoms with Gasteiger partial charge in [-0.15, -0.1) is 0 Å². The Labute approximate surface area is 197 Å². The topological polar surface area (TPSA) is 130 Å². The lowest BCUT2D eigenvalue weighted by Gasteiger charge is -2.12. The summed E-state index contributed by atoms with van der Waals surface area (Å²) in [6.45, 7) is 7.73. The highest BCUT2D eigenvalue weighted by Crippen LogP contribution is 2.24. The molecular formula is C24H28N6O4. The summed E-state index contributed by atoms with van der Waals surface area (Å²) in [6.07, 6.45) is 2.64. The van der Waals surface area contributed by atoms with Gasteiger partial charge in [0.15, 0.2) is 5.82 Å². The summed E-state index contributed by atoms with van der Waals surface area (Å²) in [5.41, 5.74) is 1.19. The van der Waals surface area contributed by atoms with Crippen molar-refractivity contribution in [3.05, 3.63) is 60.1 Å². The molecule has 1 saturated heterocycles. The van der Waals surface area contributed by atoms with Crippen molar-refractivity contribution in [3.63, 3.8) is 0 Å². The fraction of sp³-hybridized carbons (Fsp3) is 0.333. The van der Waals surface area contributed by atoms with Crippen LogP contribution in [-0.4, -0.2) is 41.3 Å². The molecule has 4 N–H and O–H groups in total. The first-order valence-corrected chi connectivity index (χ1v) is 11.1. The SMILES string of the molecule is CC(C)(C)c1cc(NC(=O)Nc2ccc(NC(=O)c3ccc(OC4CCNC4)cn3)cc2)no1. The number of amides is 3. The van der Waals surface area contributed by atoms with Gasteiger partial charge in [0.1, 0.15) is 23.3 Å². The third-order valence-corrected chi connectivity index (χ3v) is 5.18. The molecule has 1 atom stereocenters. The molecule has 3 amide bonds. The van der Waals surface area contributed by atoms with Crippen LogP contribution in [0.1, 0.15) is 43.4 Å². The van der Waals surface area contributed by atoms with Crippen LogP contribution in [0.3, 0.4) is 0 Å². The summed E-state index contributed by atoms with van der Waals surface area (Å²) in [4.78, 5) is 28.9. The van der Waals surface area contributed by atoms with Crippen LogP contribution < -0.4 is 26.0 Å². The van der Waals surface area contributed by atoms with Gasteiger partial charge in [-0.3, -0.25) is 10.1 Å². The predicted octanol–water partition coefficient (Wildman–Crippen LogP) is 4.00. The van der Waals surface area contributed by atoms with Crippen LogP contribution in [0.4, 0.5) is 22.0 Å². The molecule has 10 heteroatoms. The van der Waals surface area contributed by atoms with E-state index in [-0.39, 0.29) is 23.1 Å². The van der Waals surface area contributed by atoms with Crippen molar-refractivity contribution >= 4 is 29.1 Å². The molecule has 3 heterocycles. The van der Waals surface area contributed by atoms with E-state index in [1.165, 1.54) is 0 Å². The van der Waals surface area contributed by atoms with Crippen LogP contribution in [0.5, 0.6) is 5.75 Å². The van der Waals surface area contributed by atoms with Crippen molar-refractivity contribution < 1.29 is 18.8 Å². The van der Waals surface area contributed by atoms with Gasteiger partial charge in [0.05, 0.1) is 6.20 Å². The van der Waals surface area contributed by atoms with Gasteiger partial charge in [-0.25, -0.2) is 9.78 Å². The van der Waals surface area contributed by atoms with Crippen LogP contribution >= 0.6 is 0 Å². The van der Waals surface area contributed by atoms with Gasteiger partial charge >= 0.3 is 6.03 Å². The quantitative estimate of drug-likeness (QED) is 0.434. The number of hydrogen-bond donors (Lipinski definition) is 4.